The molecule has 1 N–H and O–H groups in total. The zero-order valence-corrected chi connectivity index (χ0v) is 10.1. The summed E-state index contributed by atoms with van der Waals surface area (Å²) in [7, 11) is 2.05. The molecular weight excluding hydrogens is 208 g/mol. The van der Waals surface area contributed by atoms with Crippen LogP contribution in [0, 0.1) is 6.92 Å². The lowest BCUT2D eigenvalue weighted by Crippen LogP contribution is -2.32. The molecule has 15 heavy (non-hydrogen) atoms. The van der Waals surface area contributed by atoms with Gasteiger partial charge in [0.1, 0.15) is 6.26 Å². The third-order valence-corrected chi connectivity index (χ3v) is 4.05. The molecule has 84 valence electrons. The van der Waals surface area contributed by atoms with Crippen molar-refractivity contribution in [3.63, 3.8) is 0 Å². The number of hydrogen-bond acceptors (Lipinski definition) is 4. The Kier molecular flexibility index (Phi) is 3.70. The number of hydrogen-bond donors (Lipinski definition) is 1. The molecule has 0 saturated heterocycles. The summed E-state index contributed by atoms with van der Waals surface area (Å²) >= 11 is 1.79. The zero-order chi connectivity index (χ0) is 10.7. The Labute approximate surface area is 95.0 Å². The second-order valence-electron chi connectivity index (χ2n) is 4.15. The number of oxazole rings is 1. The number of nitrogens with one attached hydrogen (secondary N) is 1. The van der Waals surface area contributed by atoms with Crippen LogP contribution in [-0.4, -0.2) is 23.3 Å². The van der Waals surface area contributed by atoms with Crippen LogP contribution in [-0.2, 0) is 0 Å². The smallest absolute Gasteiger partial charge is 0.256 e. The fourth-order valence-corrected chi connectivity index (χ4v) is 3.24. The van der Waals surface area contributed by atoms with Gasteiger partial charge in [-0.25, -0.2) is 4.98 Å². The van der Waals surface area contributed by atoms with Gasteiger partial charge in [-0.2, -0.15) is 0 Å². The Hall–Kier alpha value is -0.480. The molecule has 1 saturated carbocycles. The summed E-state index contributed by atoms with van der Waals surface area (Å²) in [5.41, 5.74) is 0.971. The van der Waals surface area contributed by atoms with E-state index in [1.54, 1.807) is 18.0 Å². The molecule has 1 aromatic rings. The predicted molar refractivity (Wildman–Crippen MR) is 62.2 cm³/mol. The Balaban J connectivity index is 1.88. The van der Waals surface area contributed by atoms with Crippen molar-refractivity contribution in [3.05, 3.63) is 12.0 Å². The van der Waals surface area contributed by atoms with Gasteiger partial charge in [0, 0.05) is 11.3 Å². The van der Waals surface area contributed by atoms with Gasteiger partial charge in [-0.05, 0) is 33.2 Å². The first-order chi connectivity index (χ1) is 7.28. The fourth-order valence-electron chi connectivity index (χ4n) is 2.04. The van der Waals surface area contributed by atoms with Crippen LogP contribution >= 0.6 is 11.8 Å². The van der Waals surface area contributed by atoms with E-state index in [1.807, 2.05) is 14.0 Å². The highest BCUT2D eigenvalue weighted by Crippen LogP contribution is 2.33. The van der Waals surface area contributed by atoms with Crippen LogP contribution in [0.3, 0.4) is 0 Å². The summed E-state index contributed by atoms with van der Waals surface area (Å²) in [4.78, 5) is 4.33. The minimum absolute atomic E-state index is 0.661. The average Bonchev–Trinajstić information content (AvgIpc) is 2.64. The summed E-state index contributed by atoms with van der Waals surface area (Å²) in [6.07, 6.45) is 6.84. The number of aryl methyl sites for hydroxylation is 1. The van der Waals surface area contributed by atoms with Crippen LogP contribution < -0.4 is 5.32 Å². The molecule has 0 spiro atoms. The SMILES string of the molecule is CNC1CCCC(Sc2nc(C)co2)C1. The first-order valence-electron chi connectivity index (χ1n) is 5.54. The van der Waals surface area contributed by atoms with E-state index in [-0.39, 0.29) is 0 Å². The second-order valence-corrected chi connectivity index (χ2v) is 5.40. The third kappa shape index (κ3) is 2.98. The molecule has 0 radical (unpaired) electrons. The normalized spacial score (nSPS) is 26.8. The van der Waals surface area contributed by atoms with Gasteiger partial charge in [0.05, 0.1) is 5.69 Å². The average molecular weight is 226 g/mol. The summed E-state index contributed by atoms with van der Waals surface area (Å²) in [6.45, 7) is 1.96. The van der Waals surface area contributed by atoms with Crippen LogP contribution in [0.25, 0.3) is 0 Å². The van der Waals surface area contributed by atoms with Gasteiger partial charge in [0.25, 0.3) is 5.22 Å². The number of thioether (sulfide) groups is 1. The molecule has 4 heteroatoms. The van der Waals surface area contributed by atoms with Crippen LogP contribution in [0.5, 0.6) is 0 Å². The van der Waals surface area contributed by atoms with E-state index < -0.39 is 0 Å². The van der Waals surface area contributed by atoms with Crippen LogP contribution in [0.15, 0.2) is 15.9 Å². The van der Waals surface area contributed by atoms with Crippen molar-refractivity contribution >= 4 is 11.8 Å². The van der Waals surface area contributed by atoms with E-state index in [9.17, 15) is 0 Å². The maximum absolute atomic E-state index is 5.37. The lowest BCUT2D eigenvalue weighted by molar-refractivity contribution is 0.397. The van der Waals surface area contributed by atoms with E-state index >= 15 is 0 Å². The van der Waals surface area contributed by atoms with Crippen LogP contribution in [0.4, 0.5) is 0 Å². The molecule has 1 heterocycles. The number of nitrogens with zero attached hydrogens (tertiary/aromatic N) is 1. The molecule has 2 unspecified atom stereocenters. The number of aromatic nitrogens is 1. The van der Waals surface area contributed by atoms with Crippen molar-refractivity contribution in [2.75, 3.05) is 7.05 Å². The van der Waals surface area contributed by atoms with Gasteiger partial charge >= 0.3 is 0 Å². The third-order valence-electron chi connectivity index (χ3n) is 2.90. The van der Waals surface area contributed by atoms with Crippen molar-refractivity contribution in [1.82, 2.24) is 10.3 Å². The lowest BCUT2D eigenvalue weighted by Gasteiger charge is -2.27. The molecule has 1 fully saturated rings. The molecular formula is C11H18N2OS. The van der Waals surface area contributed by atoms with Gasteiger partial charge < -0.3 is 9.73 Å². The molecule has 0 aromatic carbocycles. The van der Waals surface area contributed by atoms with Gasteiger partial charge in [-0.15, -0.1) is 0 Å². The Morgan fingerprint density at radius 1 is 1.53 bits per heavy atom. The molecule has 3 nitrogen and oxygen atoms in total. The highest BCUT2D eigenvalue weighted by atomic mass is 32.2. The second kappa shape index (κ2) is 5.03. The molecule has 1 aliphatic carbocycles. The first kappa shape index (κ1) is 11.0. The first-order valence-corrected chi connectivity index (χ1v) is 6.42. The zero-order valence-electron chi connectivity index (χ0n) is 9.32. The maximum atomic E-state index is 5.37. The Bertz CT molecular complexity index is 313. The van der Waals surface area contributed by atoms with Gasteiger partial charge in [0.2, 0.25) is 0 Å². The molecule has 2 rings (SSSR count). The summed E-state index contributed by atoms with van der Waals surface area (Å²) in [5.74, 6) is 0. The fraction of sp³-hybridized carbons (Fsp3) is 0.727. The van der Waals surface area contributed by atoms with Crippen molar-refractivity contribution in [2.24, 2.45) is 0 Å². The summed E-state index contributed by atoms with van der Waals surface area (Å²) in [6, 6.07) is 0.673. The van der Waals surface area contributed by atoms with Crippen molar-refractivity contribution in [2.45, 2.75) is 49.1 Å². The quantitative estimate of drug-likeness (QED) is 0.859. The monoisotopic (exact) mass is 226 g/mol. The van der Waals surface area contributed by atoms with E-state index in [0.717, 1.165) is 10.9 Å². The molecule has 2 atom stereocenters. The topological polar surface area (TPSA) is 38.1 Å². The minimum Gasteiger partial charge on any atom is -0.440 e. The minimum atomic E-state index is 0.661. The maximum Gasteiger partial charge on any atom is 0.256 e. The van der Waals surface area contributed by atoms with Gasteiger partial charge in [0.15, 0.2) is 0 Å². The molecule has 0 amide bonds. The van der Waals surface area contributed by atoms with Crippen molar-refractivity contribution in [1.29, 1.82) is 0 Å². The molecule has 1 aliphatic rings. The summed E-state index contributed by atoms with van der Waals surface area (Å²) in [5, 5.41) is 4.85. The van der Waals surface area contributed by atoms with Crippen LogP contribution in [0.1, 0.15) is 31.4 Å². The molecule has 0 bridgehead atoms. The van der Waals surface area contributed by atoms with E-state index in [4.69, 9.17) is 4.42 Å². The Morgan fingerprint density at radius 3 is 3.07 bits per heavy atom. The van der Waals surface area contributed by atoms with E-state index in [2.05, 4.69) is 10.3 Å². The largest absolute Gasteiger partial charge is 0.440 e. The van der Waals surface area contributed by atoms with E-state index in [0.29, 0.717) is 11.3 Å². The molecule has 0 aliphatic heterocycles. The van der Waals surface area contributed by atoms with Crippen molar-refractivity contribution in [3.8, 4) is 0 Å². The molecule has 1 aromatic heterocycles. The number of rotatable bonds is 3. The standard InChI is InChI=1S/C11H18N2OS/c1-8-7-14-11(13-8)15-10-5-3-4-9(6-10)12-2/h7,9-10,12H,3-6H2,1-2H3. The van der Waals surface area contributed by atoms with Gasteiger partial charge in [-0.1, -0.05) is 18.2 Å². The van der Waals surface area contributed by atoms with Gasteiger partial charge in [-0.3, -0.25) is 0 Å². The van der Waals surface area contributed by atoms with E-state index in [1.165, 1.54) is 25.7 Å². The highest BCUT2D eigenvalue weighted by molar-refractivity contribution is 7.99. The predicted octanol–water partition coefficient (Wildman–Crippen LogP) is 2.61. The van der Waals surface area contributed by atoms with Crippen LogP contribution in [0.2, 0.25) is 0 Å². The summed E-state index contributed by atoms with van der Waals surface area (Å²) < 4.78 is 5.37. The van der Waals surface area contributed by atoms with Crippen molar-refractivity contribution < 1.29 is 4.42 Å². The lowest BCUT2D eigenvalue weighted by atomic mass is 9.95. The highest BCUT2D eigenvalue weighted by Gasteiger charge is 2.22. The Morgan fingerprint density at radius 2 is 2.40 bits per heavy atom.